The van der Waals surface area contributed by atoms with Gasteiger partial charge in [0.25, 0.3) is 0 Å². The Hall–Kier alpha value is -2.89. The first-order valence-corrected chi connectivity index (χ1v) is 7.14. The van der Waals surface area contributed by atoms with Crippen molar-refractivity contribution < 1.29 is 23.9 Å². The molecule has 0 radical (unpaired) electrons. The van der Waals surface area contributed by atoms with Crippen LogP contribution in [0.4, 0.5) is 0 Å². The molecule has 23 heavy (non-hydrogen) atoms. The molecule has 0 aliphatic heterocycles. The largest absolute Gasteiger partial charge is 0.462 e. The van der Waals surface area contributed by atoms with Crippen molar-refractivity contribution in [2.75, 3.05) is 6.61 Å². The average molecular weight is 315 g/mol. The molecule has 0 atom stereocenters. The fraction of sp³-hybridized carbons (Fsp3) is 0.235. The molecule has 0 aliphatic rings. The summed E-state index contributed by atoms with van der Waals surface area (Å²) < 4.78 is 10.1. The molecular weight excluding hydrogens is 298 g/mol. The minimum absolute atomic E-state index is 0.0343. The van der Waals surface area contributed by atoms with Crippen LogP contribution in [-0.2, 0) is 16.1 Å². The second-order valence-electron chi connectivity index (χ2n) is 4.81. The Balaban J connectivity index is 2.25. The molecule has 6 nitrogen and oxygen atoms in total. The second kappa shape index (κ2) is 7.40. The van der Waals surface area contributed by atoms with Gasteiger partial charge < -0.3 is 14.5 Å². The summed E-state index contributed by atoms with van der Waals surface area (Å²) in [5.74, 6) is -1.38. The second-order valence-corrected chi connectivity index (χ2v) is 4.81. The van der Waals surface area contributed by atoms with Gasteiger partial charge in [0, 0.05) is 0 Å². The monoisotopic (exact) mass is 315 g/mol. The van der Waals surface area contributed by atoms with Crippen LogP contribution in [0.3, 0.4) is 0 Å². The van der Waals surface area contributed by atoms with Gasteiger partial charge >= 0.3 is 11.9 Å². The number of rotatable bonds is 6. The molecule has 1 N–H and O–H groups in total. The van der Waals surface area contributed by atoms with Crippen molar-refractivity contribution in [1.29, 1.82) is 0 Å². The lowest BCUT2D eigenvalue weighted by Gasteiger charge is -2.06. The summed E-state index contributed by atoms with van der Waals surface area (Å²) >= 11 is 0. The summed E-state index contributed by atoms with van der Waals surface area (Å²) in [6.45, 7) is 3.46. The summed E-state index contributed by atoms with van der Waals surface area (Å²) in [5.41, 5.74) is 1.30. The van der Waals surface area contributed by atoms with E-state index in [4.69, 9.17) is 9.47 Å². The molecule has 2 rings (SSSR count). The molecule has 1 aromatic carbocycles. The molecule has 2 aromatic rings. The van der Waals surface area contributed by atoms with Gasteiger partial charge in [0.1, 0.15) is 12.3 Å². The first-order valence-electron chi connectivity index (χ1n) is 7.14. The lowest BCUT2D eigenvalue weighted by atomic mass is 10.1. The molecule has 0 spiro atoms. The fourth-order valence-corrected chi connectivity index (χ4v) is 2.14. The SMILES string of the molecule is CCOC(=O)c1c(C(=O)OCc2ccccc2)[nH]c(C=O)c1C. The third-order valence-corrected chi connectivity index (χ3v) is 3.30. The quantitative estimate of drug-likeness (QED) is 0.654. The normalized spacial score (nSPS) is 10.2. The van der Waals surface area contributed by atoms with Crippen molar-refractivity contribution in [3.05, 3.63) is 58.4 Å². The van der Waals surface area contributed by atoms with E-state index in [2.05, 4.69) is 4.98 Å². The molecule has 0 aliphatic carbocycles. The van der Waals surface area contributed by atoms with Gasteiger partial charge in [0.15, 0.2) is 6.29 Å². The van der Waals surface area contributed by atoms with Crippen molar-refractivity contribution in [3.8, 4) is 0 Å². The van der Waals surface area contributed by atoms with E-state index in [1.807, 2.05) is 30.3 Å². The van der Waals surface area contributed by atoms with Gasteiger partial charge in [-0.25, -0.2) is 9.59 Å². The number of H-pyrrole nitrogens is 1. The minimum atomic E-state index is -0.715. The van der Waals surface area contributed by atoms with Gasteiger partial charge in [-0.3, -0.25) is 4.79 Å². The van der Waals surface area contributed by atoms with Gasteiger partial charge in [-0.2, -0.15) is 0 Å². The Labute approximate surface area is 133 Å². The van der Waals surface area contributed by atoms with E-state index in [-0.39, 0.29) is 30.2 Å². The van der Waals surface area contributed by atoms with Crippen LogP contribution in [0, 0.1) is 6.92 Å². The minimum Gasteiger partial charge on any atom is -0.462 e. The molecule has 0 unspecified atom stereocenters. The summed E-state index contributed by atoms with van der Waals surface area (Å²) in [6, 6.07) is 9.15. The van der Waals surface area contributed by atoms with Gasteiger partial charge in [0.05, 0.1) is 17.9 Å². The Morgan fingerprint density at radius 1 is 1.13 bits per heavy atom. The van der Waals surface area contributed by atoms with Crippen LogP contribution in [0.5, 0.6) is 0 Å². The van der Waals surface area contributed by atoms with Gasteiger partial charge in [-0.05, 0) is 25.0 Å². The fourth-order valence-electron chi connectivity index (χ4n) is 2.14. The maximum atomic E-state index is 12.3. The number of carbonyl (C=O) groups is 3. The average Bonchev–Trinajstić information content (AvgIpc) is 2.90. The van der Waals surface area contributed by atoms with Crippen molar-refractivity contribution in [2.45, 2.75) is 20.5 Å². The number of hydrogen-bond donors (Lipinski definition) is 1. The van der Waals surface area contributed by atoms with Crippen LogP contribution in [-0.4, -0.2) is 29.8 Å². The lowest BCUT2D eigenvalue weighted by Crippen LogP contribution is -2.14. The van der Waals surface area contributed by atoms with Crippen LogP contribution in [0.25, 0.3) is 0 Å². The predicted molar refractivity (Wildman–Crippen MR) is 82.4 cm³/mol. The van der Waals surface area contributed by atoms with Crippen molar-refractivity contribution in [2.24, 2.45) is 0 Å². The highest BCUT2D eigenvalue weighted by Gasteiger charge is 2.26. The number of esters is 2. The molecule has 6 heteroatoms. The standard InChI is InChI=1S/C17H17NO5/c1-3-22-16(20)14-11(2)13(9-19)18-15(14)17(21)23-10-12-7-5-4-6-8-12/h4-9,18H,3,10H2,1-2H3. The van der Waals surface area contributed by atoms with Crippen LogP contribution >= 0.6 is 0 Å². The van der Waals surface area contributed by atoms with Crippen LogP contribution in [0.1, 0.15) is 49.4 Å². The first kappa shape index (κ1) is 16.5. The number of aldehydes is 1. The van der Waals surface area contributed by atoms with E-state index in [0.29, 0.717) is 11.8 Å². The van der Waals surface area contributed by atoms with Crippen LogP contribution in [0.2, 0.25) is 0 Å². The molecule has 0 fully saturated rings. The molecule has 0 bridgehead atoms. The molecule has 1 heterocycles. The Morgan fingerprint density at radius 3 is 2.43 bits per heavy atom. The highest BCUT2D eigenvalue weighted by molar-refractivity contribution is 6.05. The van der Waals surface area contributed by atoms with E-state index in [1.165, 1.54) is 0 Å². The number of hydrogen-bond acceptors (Lipinski definition) is 5. The zero-order chi connectivity index (χ0) is 16.8. The number of ether oxygens (including phenoxy) is 2. The topological polar surface area (TPSA) is 85.5 Å². The number of aromatic amines is 1. The maximum Gasteiger partial charge on any atom is 0.356 e. The molecule has 1 aromatic heterocycles. The number of aromatic nitrogens is 1. The Morgan fingerprint density at radius 2 is 1.83 bits per heavy atom. The van der Waals surface area contributed by atoms with E-state index in [0.717, 1.165) is 5.56 Å². The first-order chi connectivity index (χ1) is 11.1. The van der Waals surface area contributed by atoms with Crippen molar-refractivity contribution in [3.63, 3.8) is 0 Å². The third-order valence-electron chi connectivity index (χ3n) is 3.30. The highest BCUT2D eigenvalue weighted by Crippen LogP contribution is 2.20. The Kier molecular flexibility index (Phi) is 5.30. The van der Waals surface area contributed by atoms with E-state index >= 15 is 0 Å². The summed E-state index contributed by atoms with van der Waals surface area (Å²) in [7, 11) is 0. The summed E-state index contributed by atoms with van der Waals surface area (Å²) in [5, 5.41) is 0. The molecule has 0 amide bonds. The highest BCUT2D eigenvalue weighted by atomic mass is 16.5. The van der Waals surface area contributed by atoms with Gasteiger partial charge in [-0.15, -0.1) is 0 Å². The molecular formula is C17H17NO5. The maximum absolute atomic E-state index is 12.3. The number of nitrogens with one attached hydrogen (secondary N) is 1. The summed E-state index contributed by atoms with van der Waals surface area (Å²) in [4.78, 5) is 38.0. The van der Waals surface area contributed by atoms with Gasteiger partial charge in [-0.1, -0.05) is 30.3 Å². The molecule has 0 saturated carbocycles. The predicted octanol–water partition coefficient (Wildman–Crippen LogP) is 2.67. The van der Waals surface area contributed by atoms with Crippen LogP contribution in [0.15, 0.2) is 30.3 Å². The zero-order valence-corrected chi connectivity index (χ0v) is 12.9. The number of benzene rings is 1. The smallest absolute Gasteiger partial charge is 0.356 e. The summed E-state index contributed by atoms with van der Waals surface area (Å²) in [6.07, 6.45) is 0.548. The van der Waals surface area contributed by atoms with Gasteiger partial charge in [0.2, 0.25) is 0 Å². The third kappa shape index (κ3) is 3.66. The van der Waals surface area contributed by atoms with E-state index in [9.17, 15) is 14.4 Å². The van der Waals surface area contributed by atoms with Crippen LogP contribution < -0.4 is 0 Å². The molecule has 120 valence electrons. The van der Waals surface area contributed by atoms with Crippen molar-refractivity contribution >= 4 is 18.2 Å². The van der Waals surface area contributed by atoms with Crippen molar-refractivity contribution in [1.82, 2.24) is 4.98 Å². The molecule has 0 saturated heterocycles. The zero-order valence-electron chi connectivity index (χ0n) is 12.9. The van der Waals surface area contributed by atoms with E-state index < -0.39 is 11.9 Å². The van der Waals surface area contributed by atoms with E-state index in [1.54, 1.807) is 13.8 Å². The number of carbonyl (C=O) groups excluding carboxylic acids is 3. The Bertz CT molecular complexity index is 718. The lowest BCUT2D eigenvalue weighted by molar-refractivity contribution is 0.0440.